The molecule has 0 amide bonds. The molecule has 0 unspecified atom stereocenters. The Bertz CT molecular complexity index is 714. The summed E-state index contributed by atoms with van der Waals surface area (Å²) in [5, 5.41) is 1.76. The second-order valence-electron chi connectivity index (χ2n) is 4.26. The van der Waals surface area contributed by atoms with Crippen LogP contribution in [0.1, 0.15) is 0 Å². The van der Waals surface area contributed by atoms with E-state index in [1.807, 2.05) is 43.6 Å². The topological polar surface area (TPSA) is 43.8 Å². The molecule has 0 aliphatic carbocycles. The Balaban J connectivity index is 2.32. The molecule has 18 heavy (non-hydrogen) atoms. The first-order valence-electron chi connectivity index (χ1n) is 5.62. The zero-order chi connectivity index (χ0) is 12.7. The Morgan fingerprint density at radius 3 is 2.78 bits per heavy atom. The number of nitrogen functional groups attached to an aromatic ring is 1. The van der Waals surface area contributed by atoms with E-state index in [4.69, 9.17) is 17.3 Å². The second-order valence-corrected chi connectivity index (χ2v) is 4.67. The molecular formula is C14H12ClN3. The van der Waals surface area contributed by atoms with Crippen molar-refractivity contribution in [3.05, 3.63) is 47.7 Å². The van der Waals surface area contributed by atoms with Crippen molar-refractivity contribution in [3.63, 3.8) is 0 Å². The molecule has 0 spiro atoms. The van der Waals surface area contributed by atoms with Crippen LogP contribution in [0.5, 0.6) is 0 Å². The van der Waals surface area contributed by atoms with E-state index >= 15 is 0 Å². The average Bonchev–Trinajstić information content (AvgIpc) is 2.70. The predicted molar refractivity (Wildman–Crippen MR) is 75.6 cm³/mol. The van der Waals surface area contributed by atoms with Crippen LogP contribution in [0, 0.1) is 0 Å². The number of aromatic nitrogens is 2. The van der Waals surface area contributed by atoms with E-state index in [1.54, 1.807) is 6.20 Å². The zero-order valence-electron chi connectivity index (χ0n) is 9.89. The van der Waals surface area contributed by atoms with Crippen molar-refractivity contribution in [1.82, 2.24) is 9.55 Å². The SMILES string of the molecule is Cn1cc(-c2ccc(N)cn2)c2c(Cl)cccc21. The van der Waals surface area contributed by atoms with Crippen LogP contribution in [-0.2, 0) is 7.05 Å². The van der Waals surface area contributed by atoms with Crippen LogP contribution in [0.15, 0.2) is 42.7 Å². The summed E-state index contributed by atoms with van der Waals surface area (Å²) in [6.07, 6.45) is 3.69. The van der Waals surface area contributed by atoms with E-state index in [2.05, 4.69) is 9.55 Å². The van der Waals surface area contributed by atoms with Crippen molar-refractivity contribution in [2.75, 3.05) is 5.73 Å². The third-order valence-electron chi connectivity index (χ3n) is 3.03. The van der Waals surface area contributed by atoms with Gasteiger partial charge in [-0.15, -0.1) is 0 Å². The van der Waals surface area contributed by atoms with Gasteiger partial charge in [0.1, 0.15) is 0 Å². The summed E-state index contributed by atoms with van der Waals surface area (Å²) >= 11 is 6.29. The first kappa shape index (κ1) is 11.1. The summed E-state index contributed by atoms with van der Waals surface area (Å²) in [5.74, 6) is 0. The number of halogens is 1. The maximum atomic E-state index is 6.29. The first-order valence-corrected chi connectivity index (χ1v) is 6.00. The third kappa shape index (κ3) is 1.64. The fraction of sp³-hybridized carbons (Fsp3) is 0.0714. The van der Waals surface area contributed by atoms with E-state index in [1.165, 1.54) is 0 Å². The van der Waals surface area contributed by atoms with Crippen molar-refractivity contribution in [1.29, 1.82) is 0 Å². The first-order chi connectivity index (χ1) is 8.66. The van der Waals surface area contributed by atoms with Crippen LogP contribution in [-0.4, -0.2) is 9.55 Å². The Morgan fingerprint density at radius 1 is 1.22 bits per heavy atom. The van der Waals surface area contributed by atoms with E-state index in [0.717, 1.165) is 27.2 Å². The molecule has 0 saturated heterocycles. The van der Waals surface area contributed by atoms with Gasteiger partial charge in [-0.25, -0.2) is 0 Å². The van der Waals surface area contributed by atoms with Gasteiger partial charge in [-0.05, 0) is 24.3 Å². The molecule has 3 nitrogen and oxygen atoms in total. The molecule has 1 aromatic carbocycles. The fourth-order valence-electron chi connectivity index (χ4n) is 2.16. The number of hydrogen-bond donors (Lipinski definition) is 1. The molecule has 0 aliphatic rings. The minimum Gasteiger partial charge on any atom is -0.397 e. The summed E-state index contributed by atoms with van der Waals surface area (Å²) in [7, 11) is 2.00. The van der Waals surface area contributed by atoms with Crippen molar-refractivity contribution < 1.29 is 0 Å². The molecule has 0 radical (unpaired) electrons. The lowest BCUT2D eigenvalue weighted by molar-refractivity contribution is 0.969. The van der Waals surface area contributed by atoms with Crippen LogP contribution in [0.25, 0.3) is 22.2 Å². The van der Waals surface area contributed by atoms with Gasteiger partial charge in [-0.3, -0.25) is 4.98 Å². The minimum atomic E-state index is 0.657. The van der Waals surface area contributed by atoms with Crippen LogP contribution in [0.4, 0.5) is 5.69 Å². The number of rotatable bonds is 1. The molecular weight excluding hydrogens is 246 g/mol. The molecule has 0 bridgehead atoms. The van der Waals surface area contributed by atoms with Crippen LogP contribution < -0.4 is 5.73 Å². The maximum absolute atomic E-state index is 6.29. The molecule has 2 N–H and O–H groups in total. The van der Waals surface area contributed by atoms with E-state index in [9.17, 15) is 0 Å². The van der Waals surface area contributed by atoms with E-state index in [-0.39, 0.29) is 0 Å². The lowest BCUT2D eigenvalue weighted by Crippen LogP contribution is -1.87. The highest BCUT2D eigenvalue weighted by molar-refractivity contribution is 6.36. The highest BCUT2D eigenvalue weighted by atomic mass is 35.5. The molecule has 4 heteroatoms. The van der Waals surface area contributed by atoms with Gasteiger partial charge >= 0.3 is 0 Å². The van der Waals surface area contributed by atoms with Gasteiger partial charge in [0.25, 0.3) is 0 Å². The highest BCUT2D eigenvalue weighted by Gasteiger charge is 2.12. The molecule has 90 valence electrons. The Morgan fingerprint density at radius 2 is 2.06 bits per heavy atom. The largest absolute Gasteiger partial charge is 0.397 e. The molecule has 0 saturated carbocycles. The number of fused-ring (bicyclic) bond motifs is 1. The number of hydrogen-bond acceptors (Lipinski definition) is 2. The summed E-state index contributed by atoms with van der Waals surface area (Å²) in [5.41, 5.74) is 9.31. The number of nitrogens with two attached hydrogens (primary N) is 1. The summed E-state index contributed by atoms with van der Waals surface area (Å²) < 4.78 is 2.05. The fourth-order valence-corrected chi connectivity index (χ4v) is 2.43. The number of anilines is 1. The van der Waals surface area contributed by atoms with Crippen LogP contribution in [0.3, 0.4) is 0 Å². The maximum Gasteiger partial charge on any atom is 0.0725 e. The summed E-state index contributed by atoms with van der Waals surface area (Å²) in [4.78, 5) is 4.36. The molecule has 3 rings (SSSR count). The van der Waals surface area contributed by atoms with Gasteiger partial charge in [0.2, 0.25) is 0 Å². The van der Waals surface area contributed by atoms with Gasteiger partial charge in [0.05, 0.1) is 22.6 Å². The quantitative estimate of drug-likeness (QED) is 0.725. The van der Waals surface area contributed by atoms with Crippen molar-refractivity contribution >= 4 is 28.2 Å². The monoisotopic (exact) mass is 257 g/mol. The van der Waals surface area contributed by atoms with Gasteiger partial charge in [-0.2, -0.15) is 0 Å². The minimum absolute atomic E-state index is 0.657. The normalized spacial score (nSPS) is 11.0. The standard InChI is InChI=1S/C14H12ClN3/c1-18-8-10(12-6-5-9(16)7-17-12)14-11(15)3-2-4-13(14)18/h2-8H,16H2,1H3. The summed E-state index contributed by atoms with van der Waals surface area (Å²) in [6.45, 7) is 0. The molecule has 0 fully saturated rings. The van der Waals surface area contributed by atoms with Crippen molar-refractivity contribution in [3.8, 4) is 11.3 Å². The van der Waals surface area contributed by atoms with Crippen LogP contribution in [0.2, 0.25) is 5.02 Å². The lowest BCUT2D eigenvalue weighted by Gasteiger charge is -2.01. The van der Waals surface area contributed by atoms with Gasteiger partial charge < -0.3 is 10.3 Å². The van der Waals surface area contributed by atoms with Crippen LogP contribution >= 0.6 is 11.6 Å². The van der Waals surface area contributed by atoms with Gasteiger partial charge in [0, 0.05) is 29.7 Å². The number of nitrogens with zero attached hydrogens (tertiary/aromatic N) is 2. The Hall–Kier alpha value is -2.00. The predicted octanol–water partition coefficient (Wildman–Crippen LogP) is 3.48. The molecule has 2 aromatic heterocycles. The smallest absolute Gasteiger partial charge is 0.0725 e. The third-order valence-corrected chi connectivity index (χ3v) is 3.34. The second kappa shape index (κ2) is 4.03. The number of benzene rings is 1. The number of aryl methyl sites for hydroxylation is 1. The Labute approximate surface area is 110 Å². The molecule has 2 heterocycles. The highest BCUT2D eigenvalue weighted by Crippen LogP contribution is 2.34. The van der Waals surface area contributed by atoms with E-state index < -0.39 is 0 Å². The van der Waals surface area contributed by atoms with Gasteiger partial charge in [-0.1, -0.05) is 17.7 Å². The molecule has 0 atom stereocenters. The van der Waals surface area contributed by atoms with Crippen molar-refractivity contribution in [2.45, 2.75) is 0 Å². The molecule has 3 aromatic rings. The summed E-state index contributed by atoms with van der Waals surface area (Å²) in [6, 6.07) is 9.64. The van der Waals surface area contributed by atoms with E-state index in [0.29, 0.717) is 5.69 Å². The molecule has 0 aliphatic heterocycles. The average molecular weight is 258 g/mol. The zero-order valence-corrected chi connectivity index (χ0v) is 10.6. The van der Waals surface area contributed by atoms with Crippen molar-refractivity contribution in [2.24, 2.45) is 7.05 Å². The lowest BCUT2D eigenvalue weighted by atomic mass is 10.1. The number of pyridine rings is 1. The Kier molecular flexibility index (Phi) is 2.49. The van der Waals surface area contributed by atoms with Gasteiger partial charge in [0.15, 0.2) is 0 Å².